The third kappa shape index (κ3) is 4.25. The Morgan fingerprint density at radius 3 is 2.65 bits per heavy atom. The van der Waals surface area contributed by atoms with Gasteiger partial charge in [0, 0.05) is 67.0 Å². The van der Waals surface area contributed by atoms with Crippen LogP contribution in [0.5, 0.6) is 0 Å². The highest BCUT2D eigenvalue weighted by Gasteiger charge is 2.23. The Bertz CT molecular complexity index is 1330. The molecule has 176 valence electrons. The molecule has 0 saturated carbocycles. The van der Waals surface area contributed by atoms with Gasteiger partial charge in [-0.05, 0) is 38.8 Å². The van der Waals surface area contributed by atoms with Crippen LogP contribution in [0.3, 0.4) is 0 Å². The number of hydrogen-bond acceptors (Lipinski definition) is 7. The van der Waals surface area contributed by atoms with Crippen molar-refractivity contribution in [3.63, 3.8) is 0 Å². The van der Waals surface area contributed by atoms with E-state index in [0.717, 1.165) is 60.7 Å². The number of imidazole rings is 1. The predicted octanol–water partition coefficient (Wildman–Crippen LogP) is 3.56. The van der Waals surface area contributed by atoms with Crippen molar-refractivity contribution in [2.45, 2.75) is 52.6 Å². The van der Waals surface area contributed by atoms with E-state index in [-0.39, 0.29) is 5.56 Å². The van der Waals surface area contributed by atoms with Crippen LogP contribution in [0.4, 0.5) is 5.69 Å². The summed E-state index contributed by atoms with van der Waals surface area (Å²) in [5.74, 6) is 1.80. The fourth-order valence-electron chi connectivity index (χ4n) is 4.63. The average Bonchev–Trinajstić information content (AvgIpc) is 3.48. The van der Waals surface area contributed by atoms with Crippen molar-refractivity contribution in [3.8, 4) is 11.3 Å². The zero-order chi connectivity index (χ0) is 23.7. The molecule has 1 aliphatic heterocycles. The van der Waals surface area contributed by atoms with Crippen molar-refractivity contribution in [1.29, 1.82) is 0 Å². The van der Waals surface area contributed by atoms with Gasteiger partial charge in [0.1, 0.15) is 17.3 Å². The molecule has 9 heteroatoms. The zero-order valence-electron chi connectivity index (χ0n) is 19.8. The average molecular weight is 460 g/mol. The number of rotatable bonds is 6. The maximum atomic E-state index is 12.9. The van der Waals surface area contributed by atoms with Crippen molar-refractivity contribution < 1.29 is 4.52 Å². The quantitative estimate of drug-likeness (QED) is 0.435. The molecule has 0 amide bonds. The molecule has 4 aromatic rings. The van der Waals surface area contributed by atoms with Crippen LogP contribution in [0.2, 0.25) is 0 Å². The largest absolute Gasteiger partial charge is 0.370 e. The number of piperidine rings is 1. The fraction of sp³-hybridized carbons (Fsp3) is 0.400. The van der Waals surface area contributed by atoms with Gasteiger partial charge in [0.15, 0.2) is 0 Å². The molecule has 5 heterocycles. The molecule has 0 unspecified atom stereocenters. The summed E-state index contributed by atoms with van der Waals surface area (Å²) in [6.45, 7) is 7.98. The molecule has 1 aliphatic rings. The second kappa shape index (κ2) is 9.24. The number of hydrogen-bond donors (Lipinski definition) is 0. The van der Waals surface area contributed by atoms with Gasteiger partial charge in [-0.2, -0.15) is 5.10 Å². The van der Waals surface area contributed by atoms with Gasteiger partial charge in [-0.15, -0.1) is 0 Å². The Hall–Kier alpha value is -3.75. The summed E-state index contributed by atoms with van der Waals surface area (Å²) in [5.41, 5.74) is 4.03. The summed E-state index contributed by atoms with van der Waals surface area (Å²) < 4.78 is 9.19. The van der Waals surface area contributed by atoms with E-state index in [1.54, 1.807) is 18.5 Å². The lowest BCUT2D eigenvalue weighted by Gasteiger charge is -2.34. The topological polar surface area (TPSA) is 94.9 Å². The first-order valence-electron chi connectivity index (χ1n) is 11.8. The van der Waals surface area contributed by atoms with Crippen molar-refractivity contribution >= 4 is 5.69 Å². The van der Waals surface area contributed by atoms with Gasteiger partial charge in [-0.25, -0.2) is 9.67 Å². The van der Waals surface area contributed by atoms with Crippen LogP contribution >= 0.6 is 0 Å². The monoisotopic (exact) mass is 459 g/mol. The molecular weight excluding hydrogens is 430 g/mol. The number of anilines is 1. The minimum Gasteiger partial charge on any atom is -0.370 e. The van der Waals surface area contributed by atoms with Gasteiger partial charge in [0.05, 0.1) is 18.4 Å². The highest BCUT2D eigenvalue weighted by molar-refractivity contribution is 5.62. The Morgan fingerprint density at radius 2 is 1.94 bits per heavy atom. The van der Waals surface area contributed by atoms with Gasteiger partial charge < -0.3 is 14.0 Å². The van der Waals surface area contributed by atoms with Crippen LogP contribution in [0.25, 0.3) is 11.3 Å². The lowest BCUT2D eigenvalue weighted by Crippen LogP contribution is -2.36. The van der Waals surface area contributed by atoms with E-state index >= 15 is 0 Å². The SMILES string of the molecule is CCc1nccn1C1CCN(c2cnn(Cc3c(-c4ccc(C)nc4)noc3C)c(=O)c2)CC1. The summed E-state index contributed by atoms with van der Waals surface area (Å²) in [4.78, 5) is 24.0. The van der Waals surface area contributed by atoms with Crippen molar-refractivity contribution in [2.75, 3.05) is 18.0 Å². The van der Waals surface area contributed by atoms with E-state index in [2.05, 4.69) is 42.8 Å². The number of nitrogens with zero attached hydrogens (tertiary/aromatic N) is 7. The molecule has 0 radical (unpaired) electrons. The first-order valence-corrected chi connectivity index (χ1v) is 11.8. The minimum absolute atomic E-state index is 0.143. The summed E-state index contributed by atoms with van der Waals surface area (Å²) in [5, 5.41) is 8.68. The number of aromatic nitrogens is 6. The van der Waals surface area contributed by atoms with Crippen LogP contribution in [0, 0.1) is 13.8 Å². The highest BCUT2D eigenvalue weighted by atomic mass is 16.5. The van der Waals surface area contributed by atoms with Gasteiger partial charge in [-0.3, -0.25) is 9.78 Å². The smallest absolute Gasteiger partial charge is 0.269 e. The van der Waals surface area contributed by atoms with Gasteiger partial charge in [0.2, 0.25) is 0 Å². The highest BCUT2D eigenvalue weighted by Crippen LogP contribution is 2.27. The Balaban J connectivity index is 1.31. The molecule has 5 rings (SSSR count). The van der Waals surface area contributed by atoms with E-state index < -0.39 is 0 Å². The molecule has 9 nitrogen and oxygen atoms in total. The molecule has 0 N–H and O–H groups in total. The second-order valence-corrected chi connectivity index (χ2v) is 8.79. The molecule has 34 heavy (non-hydrogen) atoms. The van der Waals surface area contributed by atoms with Crippen molar-refractivity contribution in [2.24, 2.45) is 0 Å². The molecule has 0 aromatic carbocycles. The molecule has 0 atom stereocenters. The zero-order valence-corrected chi connectivity index (χ0v) is 19.8. The fourth-order valence-corrected chi connectivity index (χ4v) is 4.63. The molecule has 0 bridgehead atoms. The van der Waals surface area contributed by atoms with E-state index in [0.29, 0.717) is 24.0 Å². The van der Waals surface area contributed by atoms with Crippen LogP contribution in [-0.4, -0.2) is 42.6 Å². The second-order valence-electron chi connectivity index (χ2n) is 8.79. The lowest BCUT2D eigenvalue weighted by molar-refractivity contribution is 0.386. The van der Waals surface area contributed by atoms with Crippen molar-refractivity contribution in [3.05, 3.63) is 76.2 Å². The van der Waals surface area contributed by atoms with E-state index in [9.17, 15) is 4.79 Å². The van der Waals surface area contributed by atoms with Crippen LogP contribution < -0.4 is 10.5 Å². The van der Waals surface area contributed by atoms with Crippen LogP contribution in [-0.2, 0) is 13.0 Å². The summed E-state index contributed by atoms with van der Waals surface area (Å²) in [7, 11) is 0. The summed E-state index contributed by atoms with van der Waals surface area (Å²) >= 11 is 0. The third-order valence-electron chi connectivity index (χ3n) is 6.62. The molecule has 1 saturated heterocycles. The van der Waals surface area contributed by atoms with Crippen molar-refractivity contribution in [1.82, 2.24) is 29.5 Å². The molecule has 0 aliphatic carbocycles. The van der Waals surface area contributed by atoms with Crippen LogP contribution in [0.1, 0.15) is 48.6 Å². The molecule has 1 fully saturated rings. The number of pyridine rings is 1. The summed E-state index contributed by atoms with van der Waals surface area (Å²) in [6.07, 6.45) is 10.5. The first-order chi connectivity index (χ1) is 16.5. The minimum atomic E-state index is -0.143. The van der Waals surface area contributed by atoms with E-state index in [4.69, 9.17) is 4.52 Å². The molecular formula is C25H29N7O2. The van der Waals surface area contributed by atoms with Gasteiger partial charge in [0.25, 0.3) is 5.56 Å². The first kappa shape index (κ1) is 22.1. The van der Waals surface area contributed by atoms with Crippen LogP contribution in [0.15, 0.2) is 52.3 Å². The Labute approximate surface area is 198 Å². The summed E-state index contributed by atoms with van der Waals surface area (Å²) in [6, 6.07) is 6.02. The molecule has 4 aromatic heterocycles. The standard InChI is InChI=1S/C25H29N7O2/c1-4-23-26-9-12-31(23)20-7-10-30(11-8-20)21-13-24(33)32(28-15-21)16-22-18(3)34-29-25(22)19-6-5-17(2)27-14-19/h5-6,9,12-15,20H,4,7-8,10-11,16H2,1-3H3. The normalized spacial score (nSPS) is 14.6. The maximum absolute atomic E-state index is 12.9. The van der Waals surface area contributed by atoms with E-state index in [1.807, 2.05) is 32.2 Å². The predicted molar refractivity (Wildman–Crippen MR) is 129 cm³/mol. The maximum Gasteiger partial charge on any atom is 0.269 e. The Kier molecular flexibility index (Phi) is 6.00. The Morgan fingerprint density at radius 1 is 1.12 bits per heavy atom. The van der Waals surface area contributed by atoms with Gasteiger partial charge in [-0.1, -0.05) is 12.1 Å². The number of aryl methyl sites for hydroxylation is 3. The van der Waals surface area contributed by atoms with Gasteiger partial charge >= 0.3 is 0 Å². The van der Waals surface area contributed by atoms with E-state index in [1.165, 1.54) is 4.68 Å². The third-order valence-corrected chi connectivity index (χ3v) is 6.62. The molecule has 0 spiro atoms. The lowest BCUT2D eigenvalue weighted by atomic mass is 10.0.